The lowest BCUT2D eigenvalue weighted by atomic mass is 9.55. The third-order valence-electron chi connectivity index (χ3n) is 17.2. The zero-order chi connectivity index (χ0) is 47.2. The minimum Gasteiger partial charge on any atom is -0.100 e. The van der Waals surface area contributed by atoms with Crippen LogP contribution in [0.2, 0.25) is 0 Å². The van der Waals surface area contributed by atoms with Crippen LogP contribution in [0.25, 0.3) is 120 Å². The Morgan fingerprint density at radius 2 is 0.485 bits per heavy atom. The van der Waals surface area contributed by atoms with Crippen molar-refractivity contribution in [2.24, 2.45) is 0 Å². The molecule has 12 heteroatoms. The third kappa shape index (κ3) is 5.85. The molecule has 0 bridgehead atoms. The molecule has 0 aromatic heterocycles. The van der Waals surface area contributed by atoms with E-state index in [1.165, 1.54) is 186 Å². The molecule has 0 saturated carbocycles. The van der Waals surface area contributed by atoms with E-state index in [0.717, 1.165) is 0 Å². The lowest BCUT2D eigenvalue weighted by Gasteiger charge is -2.31. The minimum atomic E-state index is 1.25. The summed E-state index contributed by atoms with van der Waals surface area (Å²) in [6.45, 7) is 0. The second-order valence-electron chi connectivity index (χ2n) is 20.2. The molecule has 0 saturated heterocycles. The summed E-state index contributed by atoms with van der Waals surface area (Å²) in [4.78, 5) is 0. The second-order valence-corrected chi connectivity index (χ2v) is 20.2. The van der Waals surface area contributed by atoms with Gasteiger partial charge in [0.05, 0.1) is 0 Å². The van der Waals surface area contributed by atoms with Gasteiger partial charge in [0.1, 0.15) is 94.2 Å². The first-order valence-corrected chi connectivity index (χ1v) is 24.5. The van der Waals surface area contributed by atoms with Gasteiger partial charge in [-0.2, -0.15) is 0 Å². The molecule has 0 radical (unpaired) electrons. The molecular formula is C56H46B12. The first-order chi connectivity index (χ1) is 32.8. The standard InChI is InChI=1S/C56H46B12/c57-45-39(33-21-15-26-10-9-24-7-4-8-25-12-19-31(33)36(26)35(24)25)48(60)54(66)50(62)41(45)43-47(59)44(53(65)56(68)52(43)64)42-46(58)40(49(61)55(67)51(42)63)34-22-16-28-13-18-30-29(23-5-2-1-3-6-23)17-11-27-14-20-32(34)38(28)37(27)30/h1-22H,57-68H2. The van der Waals surface area contributed by atoms with Crippen LogP contribution in [-0.4, -0.2) is 94.2 Å². The fourth-order valence-corrected chi connectivity index (χ4v) is 13.2. The van der Waals surface area contributed by atoms with E-state index in [-0.39, 0.29) is 0 Å². The quantitative estimate of drug-likeness (QED) is 0.120. The van der Waals surface area contributed by atoms with Crippen molar-refractivity contribution in [3.63, 3.8) is 0 Å². The van der Waals surface area contributed by atoms with Gasteiger partial charge < -0.3 is 0 Å². The summed E-state index contributed by atoms with van der Waals surface area (Å²) in [5, 5.41) is 15.9. The Balaban J connectivity index is 1.10. The molecule has 306 valence electrons. The zero-order valence-electron chi connectivity index (χ0n) is 41.7. The number of hydrogen-bond donors (Lipinski definition) is 0. The van der Waals surface area contributed by atoms with Crippen LogP contribution in [0.5, 0.6) is 0 Å². The molecule has 0 N–H and O–H groups in total. The summed E-state index contributed by atoms with van der Waals surface area (Å²) in [5.41, 5.74) is 29.9. The molecule has 0 unspecified atom stereocenters. The number of hydrogen-bond acceptors (Lipinski definition) is 0. The van der Waals surface area contributed by atoms with Gasteiger partial charge in [-0.05, 0) is 120 Å². The Labute approximate surface area is 411 Å². The highest BCUT2D eigenvalue weighted by Crippen LogP contribution is 2.43. The SMILES string of the molecule is Bc1c(B)c(-c2c(B)c(B)c(B)c(-c3ccc4ccc5cccc6ccc3c4c56)c2B)c(B)c(-c2c(B)c(B)c(B)c(-c3ccc4ccc5c(-c6ccccc6)ccc6ccc3c4c65)c2B)c1B. The molecule has 0 nitrogen and oxygen atoms in total. The number of rotatable bonds is 5. The van der Waals surface area contributed by atoms with Gasteiger partial charge in [0, 0.05) is 0 Å². The molecule has 0 spiro atoms. The van der Waals surface area contributed by atoms with Crippen molar-refractivity contribution in [2.75, 3.05) is 0 Å². The highest BCUT2D eigenvalue weighted by molar-refractivity contribution is 6.70. The fraction of sp³-hybridized carbons (Fsp3) is 0. The first-order valence-electron chi connectivity index (χ1n) is 24.5. The molecule has 0 aliphatic heterocycles. The highest BCUT2D eigenvalue weighted by atomic mass is 14.3. The van der Waals surface area contributed by atoms with Gasteiger partial charge in [0.15, 0.2) is 0 Å². The maximum Gasteiger partial charge on any atom is 0.140 e. The molecule has 0 amide bonds. The van der Waals surface area contributed by atoms with Gasteiger partial charge >= 0.3 is 0 Å². The minimum absolute atomic E-state index is 1.25. The maximum atomic E-state index is 2.42. The van der Waals surface area contributed by atoms with Crippen molar-refractivity contribution in [3.05, 3.63) is 133 Å². The van der Waals surface area contributed by atoms with Gasteiger partial charge in [-0.25, -0.2) is 0 Å². The van der Waals surface area contributed by atoms with E-state index in [1.807, 2.05) is 0 Å². The van der Waals surface area contributed by atoms with Crippen LogP contribution in [0.4, 0.5) is 0 Å². The van der Waals surface area contributed by atoms with Crippen LogP contribution in [0, 0.1) is 0 Å². The smallest absolute Gasteiger partial charge is 0.100 e. The van der Waals surface area contributed by atoms with Gasteiger partial charge in [-0.3, -0.25) is 0 Å². The summed E-state index contributed by atoms with van der Waals surface area (Å²) in [6, 6.07) is 50.4. The Kier molecular flexibility index (Phi) is 9.77. The van der Waals surface area contributed by atoms with E-state index < -0.39 is 0 Å². The Hall–Kier alpha value is -6.50. The molecule has 12 aromatic rings. The van der Waals surface area contributed by atoms with Gasteiger partial charge in [0.25, 0.3) is 0 Å². The summed E-state index contributed by atoms with van der Waals surface area (Å²) >= 11 is 0. The lowest BCUT2D eigenvalue weighted by molar-refractivity contribution is 1.66. The van der Waals surface area contributed by atoms with Gasteiger partial charge in [0.2, 0.25) is 0 Å². The summed E-state index contributed by atoms with van der Waals surface area (Å²) in [6.07, 6.45) is 0. The summed E-state index contributed by atoms with van der Waals surface area (Å²) < 4.78 is 0. The van der Waals surface area contributed by atoms with E-state index in [0.29, 0.717) is 0 Å². The average molecular weight is 849 g/mol. The topological polar surface area (TPSA) is 0 Å². The molecule has 0 fully saturated rings. The molecule has 0 atom stereocenters. The summed E-state index contributed by atoms with van der Waals surface area (Å²) in [7, 11) is 28.5. The molecule has 68 heavy (non-hydrogen) atoms. The fourth-order valence-electron chi connectivity index (χ4n) is 13.2. The molecule has 0 aliphatic carbocycles. The Morgan fingerprint density at radius 1 is 0.191 bits per heavy atom. The first kappa shape index (κ1) is 42.8. The van der Waals surface area contributed by atoms with Crippen molar-refractivity contribution in [2.45, 2.75) is 0 Å². The van der Waals surface area contributed by atoms with E-state index in [4.69, 9.17) is 0 Å². The van der Waals surface area contributed by atoms with Crippen LogP contribution < -0.4 is 65.6 Å². The molecular weight excluding hydrogens is 802 g/mol. The summed E-state index contributed by atoms with van der Waals surface area (Å²) in [5.74, 6) is 0. The van der Waals surface area contributed by atoms with Crippen LogP contribution in [0.15, 0.2) is 133 Å². The largest absolute Gasteiger partial charge is 0.140 e. The van der Waals surface area contributed by atoms with Gasteiger partial charge in [-0.1, -0.05) is 183 Å². The van der Waals surface area contributed by atoms with E-state index >= 15 is 0 Å². The predicted molar refractivity (Wildman–Crippen MR) is 339 cm³/mol. The van der Waals surface area contributed by atoms with Crippen molar-refractivity contribution in [1.29, 1.82) is 0 Å². The monoisotopic (exact) mass is 850 g/mol. The normalized spacial score (nSPS) is 11.9. The third-order valence-corrected chi connectivity index (χ3v) is 17.2. The molecule has 12 rings (SSSR count). The van der Waals surface area contributed by atoms with Crippen molar-refractivity contribution in [1.82, 2.24) is 0 Å². The highest BCUT2D eigenvalue weighted by Gasteiger charge is 2.27. The maximum absolute atomic E-state index is 2.42. The van der Waals surface area contributed by atoms with Gasteiger partial charge in [-0.15, -0.1) is 16.4 Å². The zero-order valence-corrected chi connectivity index (χ0v) is 41.7. The molecule has 0 heterocycles. The van der Waals surface area contributed by atoms with E-state index in [9.17, 15) is 0 Å². The lowest BCUT2D eigenvalue weighted by Crippen LogP contribution is -2.53. The number of benzene rings is 12. The van der Waals surface area contributed by atoms with Crippen LogP contribution in [-0.2, 0) is 0 Å². The molecule has 12 aromatic carbocycles. The molecule has 0 aliphatic rings. The van der Waals surface area contributed by atoms with Crippen LogP contribution in [0.3, 0.4) is 0 Å². The second kappa shape index (κ2) is 15.5. The van der Waals surface area contributed by atoms with E-state index in [2.05, 4.69) is 228 Å². The van der Waals surface area contributed by atoms with Crippen molar-refractivity contribution >= 4 is 224 Å². The van der Waals surface area contributed by atoms with Crippen molar-refractivity contribution < 1.29 is 0 Å². The predicted octanol–water partition coefficient (Wildman–Crippen LogP) is -5.08. The van der Waals surface area contributed by atoms with E-state index in [1.54, 1.807) is 0 Å². The van der Waals surface area contributed by atoms with Crippen LogP contribution in [0.1, 0.15) is 0 Å². The Morgan fingerprint density at radius 3 is 0.897 bits per heavy atom. The van der Waals surface area contributed by atoms with Crippen LogP contribution >= 0.6 is 0 Å². The average Bonchev–Trinajstić information content (AvgIpc) is 3.35. The van der Waals surface area contributed by atoms with Crippen molar-refractivity contribution in [3.8, 4) is 55.6 Å². The Bertz CT molecular complexity index is 4150.